The maximum absolute atomic E-state index is 9.58. The summed E-state index contributed by atoms with van der Waals surface area (Å²) in [4.78, 5) is 4.67. The fourth-order valence-electron chi connectivity index (χ4n) is 2.86. The molecule has 24 heavy (non-hydrogen) atoms. The number of rotatable bonds is 7. The number of nitrogens with one attached hydrogen (secondary N) is 1. The van der Waals surface area contributed by atoms with Crippen LogP contribution < -0.4 is 5.32 Å². The Kier molecular flexibility index (Phi) is 5.29. The van der Waals surface area contributed by atoms with Crippen molar-refractivity contribution >= 4 is 0 Å². The standard InChI is InChI=1S/C20H23N3O/c1-21-13-5-6-14-23-15-22-19(16-7-3-2-4-8-16)20(23)17-9-11-18(24)12-10-17/h2-4,7-12,15,21,24H,5-6,13-14H2,1H3. The van der Waals surface area contributed by atoms with Crippen LogP contribution in [0.2, 0.25) is 0 Å². The number of nitrogens with zero attached hydrogens (tertiary/aromatic N) is 2. The normalized spacial score (nSPS) is 10.9. The Morgan fingerprint density at radius 2 is 1.71 bits per heavy atom. The summed E-state index contributed by atoms with van der Waals surface area (Å²) in [6, 6.07) is 17.6. The maximum atomic E-state index is 9.58. The van der Waals surface area contributed by atoms with Crippen LogP contribution in [0.3, 0.4) is 0 Å². The molecule has 0 atom stereocenters. The highest BCUT2D eigenvalue weighted by Crippen LogP contribution is 2.32. The number of hydrogen-bond acceptors (Lipinski definition) is 3. The Balaban J connectivity index is 1.97. The summed E-state index contributed by atoms with van der Waals surface area (Å²) in [5.41, 5.74) is 4.26. The van der Waals surface area contributed by atoms with Crippen molar-refractivity contribution in [3.8, 4) is 28.3 Å². The third-order valence-corrected chi connectivity index (χ3v) is 4.10. The van der Waals surface area contributed by atoms with E-state index < -0.39 is 0 Å². The highest BCUT2D eigenvalue weighted by molar-refractivity contribution is 5.78. The van der Waals surface area contributed by atoms with Crippen molar-refractivity contribution in [2.45, 2.75) is 19.4 Å². The van der Waals surface area contributed by atoms with Crippen molar-refractivity contribution in [1.29, 1.82) is 0 Å². The summed E-state index contributed by atoms with van der Waals surface area (Å²) in [6.07, 6.45) is 4.14. The molecule has 0 amide bonds. The first-order chi connectivity index (χ1) is 11.8. The number of benzene rings is 2. The summed E-state index contributed by atoms with van der Waals surface area (Å²) in [6.45, 7) is 1.95. The quantitative estimate of drug-likeness (QED) is 0.648. The van der Waals surface area contributed by atoms with Gasteiger partial charge >= 0.3 is 0 Å². The zero-order valence-electron chi connectivity index (χ0n) is 13.9. The van der Waals surface area contributed by atoms with Crippen LogP contribution in [0.4, 0.5) is 0 Å². The van der Waals surface area contributed by atoms with Crippen molar-refractivity contribution in [2.75, 3.05) is 13.6 Å². The lowest BCUT2D eigenvalue weighted by molar-refractivity contribution is 0.475. The van der Waals surface area contributed by atoms with Crippen molar-refractivity contribution in [3.05, 3.63) is 60.9 Å². The first-order valence-electron chi connectivity index (χ1n) is 8.34. The molecule has 0 saturated heterocycles. The van der Waals surface area contributed by atoms with Crippen LogP contribution >= 0.6 is 0 Å². The Labute approximate surface area is 142 Å². The molecule has 0 aliphatic rings. The van der Waals surface area contributed by atoms with Crippen LogP contribution in [-0.4, -0.2) is 28.3 Å². The van der Waals surface area contributed by atoms with Gasteiger partial charge < -0.3 is 15.0 Å². The number of imidazole rings is 1. The van der Waals surface area contributed by atoms with E-state index in [9.17, 15) is 5.11 Å². The summed E-state index contributed by atoms with van der Waals surface area (Å²) in [5, 5.41) is 12.8. The first kappa shape index (κ1) is 16.3. The minimum atomic E-state index is 0.278. The molecule has 1 heterocycles. The summed E-state index contributed by atoms with van der Waals surface area (Å²) in [7, 11) is 1.98. The van der Waals surface area contributed by atoms with E-state index in [0.717, 1.165) is 48.4 Å². The Hall–Kier alpha value is -2.59. The molecule has 0 aliphatic carbocycles. The number of aromatic hydroxyl groups is 1. The molecule has 1 aromatic heterocycles. The van der Waals surface area contributed by atoms with Gasteiger partial charge in [0.1, 0.15) is 5.75 Å². The molecule has 3 rings (SSSR count). The number of unbranched alkanes of at least 4 members (excludes halogenated alkanes) is 1. The second-order valence-electron chi connectivity index (χ2n) is 5.86. The SMILES string of the molecule is CNCCCCn1cnc(-c2ccccc2)c1-c1ccc(O)cc1. The van der Waals surface area contributed by atoms with Gasteiger partial charge in [-0.2, -0.15) is 0 Å². The van der Waals surface area contributed by atoms with Crippen LogP contribution in [0.25, 0.3) is 22.5 Å². The lowest BCUT2D eigenvalue weighted by Gasteiger charge is -2.11. The lowest BCUT2D eigenvalue weighted by atomic mass is 10.0. The average Bonchev–Trinajstić information content (AvgIpc) is 3.04. The third-order valence-electron chi connectivity index (χ3n) is 4.10. The predicted octanol–water partition coefficient (Wildman–Crippen LogP) is 3.92. The number of aryl methyl sites for hydroxylation is 1. The molecule has 0 unspecified atom stereocenters. The average molecular weight is 321 g/mol. The van der Waals surface area contributed by atoms with Crippen LogP contribution in [-0.2, 0) is 6.54 Å². The monoisotopic (exact) mass is 321 g/mol. The Bertz CT molecular complexity index is 763. The summed E-state index contributed by atoms with van der Waals surface area (Å²) >= 11 is 0. The Morgan fingerprint density at radius 3 is 2.42 bits per heavy atom. The van der Waals surface area contributed by atoms with Crippen LogP contribution in [0.5, 0.6) is 5.75 Å². The Morgan fingerprint density at radius 1 is 0.958 bits per heavy atom. The van der Waals surface area contributed by atoms with E-state index in [4.69, 9.17) is 0 Å². The topological polar surface area (TPSA) is 50.1 Å². The molecule has 0 bridgehead atoms. The first-order valence-corrected chi connectivity index (χ1v) is 8.34. The molecular weight excluding hydrogens is 298 g/mol. The molecular formula is C20H23N3O. The van der Waals surface area contributed by atoms with Gasteiger partial charge in [0.2, 0.25) is 0 Å². The molecule has 0 saturated carbocycles. The van der Waals surface area contributed by atoms with Gasteiger partial charge in [-0.15, -0.1) is 0 Å². The summed E-state index contributed by atoms with van der Waals surface area (Å²) in [5.74, 6) is 0.278. The van der Waals surface area contributed by atoms with Gasteiger partial charge in [0.25, 0.3) is 0 Å². The van der Waals surface area contributed by atoms with Gasteiger partial charge in [0.15, 0.2) is 0 Å². The fourth-order valence-corrected chi connectivity index (χ4v) is 2.86. The number of phenols is 1. The van der Waals surface area contributed by atoms with Crippen LogP contribution in [0.1, 0.15) is 12.8 Å². The minimum Gasteiger partial charge on any atom is -0.508 e. The smallest absolute Gasteiger partial charge is 0.115 e. The van der Waals surface area contributed by atoms with Crippen molar-refractivity contribution in [2.24, 2.45) is 0 Å². The zero-order valence-corrected chi connectivity index (χ0v) is 13.9. The van der Waals surface area contributed by atoms with Gasteiger partial charge in [-0.05, 0) is 50.7 Å². The highest BCUT2D eigenvalue weighted by atomic mass is 16.3. The van der Waals surface area contributed by atoms with Gasteiger partial charge in [-0.1, -0.05) is 30.3 Å². The molecule has 2 N–H and O–H groups in total. The van der Waals surface area contributed by atoms with Crippen LogP contribution in [0, 0.1) is 0 Å². The maximum Gasteiger partial charge on any atom is 0.115 e. The molecule has 0 fully saturated rings. The van der Waals surface area contributed by atoms with E-state index in [-0.39, 0.29) is 5.75 Å². The molecule has 4 heteroatoms. The van der Waals surface area contributed by atoms with Gasteiger partial charge in [-0.25, -0.2) is 4.98 Å². The van der Waals surface area contributed by atoms with E-state index in [1.165, 1.54) is 0 Å². The molecule has 0 radical (unpaired) electrons. The second kappa shape index (κ2) is 7.79. The zero-order chi connectivity index (χ0) is 16.8. The second-order valence-corrected chi connectivity index (χ2v) is 5.86. The van der Waals surface area contributed by atoms with Crippen molar-refractivity contribution in [1.82, 2.24) is 14.9 Å². The fraction of sp³-hybridized carbons (Fsp3) is 0.250. The van der Waals surface area contributed by atoms with Gasteiger partial charge in [0, 0.05) is 17.7 Å². The molecule has 124 valence electrons. The van der Waals surface area contributed by atoms with E-state index in [0.29, 0.717) is 0 Å². The largest absolute Gasteiger partial charge is 0.508 e. The van der Waals surface area contributed by atoms with Crippen molar-refractivity contribution < 1.29 is 5.11 Å². The van der Waals surface area contributed by atoms with E-state index >= 15 is 0 Å². The predicted molar refractivity (Wildman–Crippen MR) is 97.9 cm³/mol. The van der Waals surface area contributed by atoms with Crippen LogP contribution in [0.15, 0.2) is 60.9 Å². The number of hydrogen-bond donors (Lipinski definition) is 2. The summed E-state index contributed by atoms with van der Waals surface area (Å²) < 4.78 is 2.21. The third kappa shape index (κ3) is 3.66. The number of aromatic nitrogens is 2. The lowest BCUT2D eigenvalue weighted by Crippen LogP contribution is -2.09. The highest BCUT2D eigenvalue weighted by Gasteiger charge is 2.14. The van der Waals surface area contributed by atoms with Crippen molar-refractivity contribution in [3.63, 3.8) is 0 Å². The molecule has 4 nitrogen and oxygen atoms in total. The van der Waals surface area contributed by atoms with E-state index in [2.05, 4.69) is 27.0 Å². The minimum absolute atomic E-state index is 0.278. The van der Waals surface area contributed by atoms with Gasteiger partial charge in [-0.3, -0.25) is 0 Å². The molecule has 0 spiro atoms. The molecule has 0 aliphatic heterocycles. The molecule has 3 aromatic rings. The van der Waals surface area contributed by atoms with Gasteiger partial charge in [0.05, 0.1) is 17.7 Å². The van der Waals surface area contributed by atoms with E-state index in [1.54, 1.807) is 12.1 Å². The molecule has 2 aromatic carbocycles. The number of phenolic OH excluding ortho intramolecular Hbond substituents is 1. The van der Waals surface area contributed by atoms with E-state index in [1.807, 2.05) is 43.7 Å².